The van der Waals surface area contributed by atoms with Gasteiger partial charge in [-0.15, -0.1) is 0 Å². The van der Waals surface area contributed by atoms with E-state index in [2.05, 4.69) is 10.3 Å². The maximum Gasteiger partial charge on any atom is 0.334 e. The van der Waals surface area contributed by atoms with Gasteiger partial charge in [-0.1, -0.05) is 54.6 Å². The van der Waals surface area contributed by atoms with Crippen LogP contribution in [0.2, 0.25) is 0 Å². The van der Waals surface area contributed by atoms with Crippen molar-refractivity contribution in [1.29, 1.82) is 0 Å². The number of para-hydroxylation sites is 1. The van der Waals surface area contributed by atoms with E-state index >= 15 is 0 Å². The van der Waals surface area contributed by atoms with Crippen LogP contribution in [0.1, 0.15) is 36.6 Å². The van der Waals surface area contributed by atoms with Gasteiger partial charge in [0.15, 0.2) is 0 Å². The molecule has 0 amide bonds. The lowest BCUT2D eigenvalue weighted by Crippen LogP contribution is -2.28. The molecule has 156 valence electrons. The molecule has 1 aliphatic rings. The van der Waals surface area contributed by atoms with E-state index in [1.54, 1.807) is 13.1 Å². The third kappa shape index (κ3) is 4.21. The van der Waals surface area contributed by atoms with E-state index in [9.17, 15) is 9.90 Å². The van der Waals surface area contributed by atoms with E-state index in [4.69, 9.17) is 4.74 Å². The van der Waals surface area contributed by atoms with Crippen LogP contribution in [0, 0.1) is 0 Å². The van der Waals surface area contributed by atoms with E-state index in [1.807, 2.05) is 79.7 Å². The molecule has 5 nitrogen and oxygen atoms in total. The Morgan fingerprint density at radius 2 is 1.68 bits per heavy atom. The zero-order valence-corrected chi connectivity index (χ0v) is 17.5. The number of nitrogens with zero attached hydrogens (tertiary/aromatic N) is 1. The first-order chi connectivity index (χ1) is 15.1. The lowest BCUT2D eigenvalue weighted by atomic mass is 9.78. The number of benzene rings is 2. The summed E-state index contributed by atoms with van der Waals surface area (Å²) < 4.78 is 6.18. The first kappa shape index (κ1) is 20.4. The fourth-order valence-electron chi connectivity index (χ4n) is 4.04. The summed E-state index contributed by atoms with van der Waals surface area (Å²) in [7, 11) is 0. The first-order valence-corrected chi connectivity index (χ1v) is 10.1. The van der Waals surface area contributed by atoms with Gasteiger partial charge in [-0.25, -0.2) is 4.79 Å². The number of allylic oxidation sites excluding steroid dienone is 3. The molecular weight excluding hydrogens is 388 g/mol. The number of dihydropyridines is 1. The molecule has 31 heavy (non-hydrogen) atoms. The number of rotatable bonds is 6. The summed E-state index contributed by atoms with van der Waals surface area (Å²) in [6.07, 6.45) is 1.72. The summed E-state index contributed by atoms with van der Waals surface area (Å²) >= 11 is 0. The quantitative estimate of drug-likeness (QED) is 0.587. The van der Waals surface area contributed by atoms with Gasteiger partial charge in [0.25, 0.3) is 0 Å². The first-order valence-electron chi connectivity index (χ1n) is 10.1. The van der Waals surface area contributed by atoms with Crippen molar-refractivity contribution in [1.82, 2.24) is 10.3 Å². The van der Waals surface area contributed by atoms with E-state index < -0.39 is 11.9 Å². The summed E-state index contributed by atoms with van der Waals surface area (Å²) in [6.45, 7) is 4.14. The molecule has 0 fully saturated rings. The predicted octanol–water partition coefficient (Wildman–Crippen LogP) is 5.14. The number of aromatic nitrogens is 1. The fraction of sp³-hybridized carbons (Fsp3) is 0.154. The van der Waals surface area contributed by atoms with Crippen LogP contribution < -0.4 is 10.1 Å². The second-order valence-corrected chi connectivity index (χ2v) is 7.47. The molecule has 1 unspecified atom stereocenters. The Morgan fingerprint density at radius 3 is 2.39 bits per heavy atom. The molecule has 0 spiro atoms. The number of pyridine rings is 1. The largest absolute Gasteiger partial charge is 0.489 e. The lowest BCUT2D eigenvalue weighted by Gasteiger charge is -2.31. The zero-order chi connectivity index (χ0) is 21.8. The molecule has 3 aromatic rings. The summed E-state index contributed by atoms with van der Waals surface area (Å²) in [4.78, 5) is 16.9. The normalized spacial score (nSPS) is 16.1. The van der Waals surface area contributed by atoms with Crippen molar-refractivity contribution in [3.8, 4) is 5.75 Å². The van der Waals surface area contributed by atoms with Crippen molar-refractivity contribution in [2.45, 2.75) is 26.4 Å². The highest BCUT2D eigenvalue weighted by Gasteiger charge is 2.35. The maximum atomic E-state index is 12.3. The van der Waals surface area contributed by atoms with Gasteiger partial charge in [-0.05, 0) is 37.6 Å². The second-order valence-electron chi connectivity index (χ2n) is 7.47. The van der Waals surface area contributed by atoms with Crippen molar-refractivity contribution in [2.75, 3.05) is 0 Å². The van der Waals surface area contributed by atoms with E-state index in [0.29, 0.717) is 23.6 Å². The molecular formula is C26H24N2O3. The van der Waals surface area contributed by atoms with Crippen LogP contribution in [-0.4, -0.2) is 16.1 Å². The van der Waals surface area contributed by atoms with Crippen LogP contribution >= 0.6 is 0 Å². The number of ether oxygens (including phenoxy) is 1. The molecule has 2 heterocycles. The third-order valence-electron chi connectivity index (χ3n) is 5.40. The summed E-state index contributed by atoms with van der Waals surface area (Å²) in [6, 6.07) is 23.2. The smallest absolute Gasteiger partial charge is 0.334 e. The van der Waals surface area contributed by atoms with Crippen molar-refractivity contribution in [3.63, 3.8) is 0 Å². The number of nitrogens with one attached hydrogen (secondary N) is 1. The molecule has 4 rings (SSSR count). The van der Waals surface area contributed by atoms with Crippen LogP contribution in [0.3, 0.4) is 0 Å². The van der Waals surface area contributed by atoms with Crippen molar-refractivity contribution in [2.24, 2.45) is 0 Å². The van der Waals surface area contributed by atoms with Gasteiger partial charge < -0.3 is 15.2 Å². The molecule has 0 bridgehead atoms. The summed E-state index contributed by atoms with van der Waals surface area (Å²) in [5.41, 5.74) is 5.21. The molecule has 0 saturated heterocycles. The van der Waals surface area contributed by atoms with Crippen LogP contribution in [0.5, 0.6) is 5.75 Å². The SMILES string of the molecule is CC1=C(C(=O)O)C(c2ccccc2OCc2ccccc2)C(c2ccccn2)=C(C)N1. The molecule has 1 aromatic heterocycles. The van der Waals surface area contributed by atoms with Gasteiger partial charge >= 0.3 is 5.97 Å². The molecule has 1 atom stereocenters. The van der Waals surface area contributed by atoms with E-state index in [0.717, 1.165) is 28.1 Å². The second kappa shape index (κ2) is 8.88. The van der Waals surface area contributed by atoms with Gasteiger partial charge in [0.1, 0.15) is 12.4 Å². The van der Waals surface area contributed by atoms with Crippen molar-refractivity contribution >= 4 is 11.5 Å². The van der Waals surface area contributed by atoms with Gasteiger partial charge in [0.05, 0.1) is 17.2 Å². The lowest BCUT2D eigenvalue weighted by molar-refractivity contribution is -0.132. The fourth-order valence-corrected chi connectivity index (χ4v) is 4.04. The molecule has 0 aliphatic carbocycles. The Morgan fingerprint density at radius 1 is 0.968 bits per heavy atom. The monoisotopic (exact) mass is 412 g/mol. The predicted molar refractivity (Wildman–Crippen MR) is 120 cm³/mol. The minimum Gasteiger partial charge on any atom is -0.489 e. The molecule has 0 saturated carbocycles. The maximum absolute atomic E-state index is 12.3. The molecule has 1 aliphatic heterocycles. The van der Waals surface area contributed by atoms with E-state index in [1.165, 1.54) is 0 Å². The van der Waals surface area contributed by atoms with Crippen LogP contribution in [-0.2, 0) is 11.4 Å². The molecule has 2 N–H and O–H groups in total. The highest BCUT2D eigenvalue weighted by Crippen LogP contribution is 2.45. The van der Waals surface area contributed by atoms with Crippen LogP contribution in [0.4, 0.5) is 0 Å². The van der Waals surface area contributed by atoms with E-state index in [-0.39, 0.29) is 0 Å². The van der Waals surface area contributed by atoms with Crippen molar-refractivity contribution < 1.29 is 14.6 Å². The van der Waals surface area contributed by atoms with Gasteiger partial charge in [-0.3, -0.25) is 4.98 Å². The average molecular weight is 412 g/mol. The Kier molecular flexibility index (Phi) is 5.85. The summed E-state index contributed by atoms with van der Waals surface area (Å²) in [5.74, 6) is -0.819. The Hall–Kier alpha value is -3.86. The average Bonchev–Trinajstić information content (AvgIpc) is 2.78. The zero-order valence-electron chi connectivity index (χ0n) is 17.5. The molecule has 5 heteroatoms. The number of aliphatic carboxylic acids is 1. The van der Waals surface area contributed by atoms with Gasteiger partial charge in [-0.2, -0.15) is 0 Å². The van der Waals surface area contributed by atoms with Gasteiger partial charge in [0, 0.05) is 28.7 Å². The molecule has 0 radical (unpaired) electrons. The highest BCUT2D eigenvalue weighted by molar-refractivity contribution is 5.96. The number of hydrogen-bond donors (Lipinski definition) is 2. The molecule has 2 aromatic carbocycles. The number of hydrogen-bond acceptors (Lipinski definition) is 4. The Bertz CT molecular complexity index is 1150. The number of carbonyl (C=O) groups is 1. The van der Waals surface area contributed by atoms with Crippen LogP contribution in [0.15, 0.2) is 96.0 Å². The van der Waals surface area contributed by atoms with Crippen molar-refractivity contribution in [3.05, 3.63) is 113 Å². The van der Waals surface area contributed by atoms with Crippen LogP contribution in [0.25, 0.3) is 5.57 Å². The minimum atomic E-state index is -0.964. The third-order valence-corrected chi connectivity index (χ3v) is 5.40. The Balaban J connectivity index is 1.82. The topological polar surface area (TPSA) is 71.5 Å². The Labute approximate surface area is 181 Å². The number of carboxylic acids is 1. The standard InChI is InChI=1S/C26H24N2O3/c1-17-23(21-13-8-9-15-27-21)25(24(26(29)30)18(2)28-17)20-12-6-7-14-22(20)31-16-19-10-4-3-5-11-19/h3-15,25,28H,16H2,1-2H3,(H,29,30). The summed E-state index contributed by atoms with van der Waals surface area (Å²) in [5, 5.41) is 13.3. The number of carboxylic acid groups (broad SMARTS) is 1. The van der Waals surface area contributed by atoms with Gasteiger partial charge in [0.2, 0.25) is 0 Å². The minimum absolute atomic E-state index is 0.294. The highest BCUT2D eigenvalue weighted by atomic mass is 16.5.